The number of hydrogen-bond acceptors (Lipinski definition) is 5. The zero-order chi connectivity index (χ0) is 14.0. The van der Waals surface area contributed by atoms with Crippen molar-refractivity contribution in [1.82, 2.24) is 5.32 Å². The molecule has 0 aliphatic heterocycles. The van der Waals surface area contributed by atoms with Crippen molar-refractivity contribution >= 4 is 23.6 Å². The molecule has 2 atom stereocenters. The van der Waals surface area contributed by atoms with Crippen LogP contribution in [0.3, 0.4) is 0 Å². The van der Waals surface area contributed by atoms with Crippen LogP contribution in [0.4, 0.5) is 0 Å². The second kappa shape index (κ2) is 10.2. The van der Waals surface area contributed by atoms with E-state index in [4.69, 9.17) is 10.5 Å². The summed E-state index contributed by atoms with van der Waals surface area (Å²) in [4.78, 5) is 22.8. The number of nitrogens with one attached hydrogen (secondary N) is 1. The SMILES string of the molecule is CCOC(=O)CC(C)CNC(=O)C(N)CCSC. The quantitative estimate of drug-likeness (QED) is 0.608. The normalized spacial score (nSPS) is 13.8. The molecule has 2 unspecified atom stereocenters. The van der Waals surface area contributed by atoms with E-state index in [1.54, 1.807) is 18.7 Å². The standard InChI is InChI=1S/C12H24N2O3S/c1-4-17-11(15)7-9(2)8-14-12(16)10(13)5-6-18-3/h9-10H,4-8,13H2,1-3H3,(H,14,16). The lowest BCUT2D eigenvalue weighted by Crippen LogP contribution is -2.42. The fraction of sp³-hybridized carbons (Fsp3) is 0.833. The van der Waals surface area contributed by atoms with Gasteiger partial charge in [-0.1, -0.05) is 6.92 Å². The van der Waals surface area contributed by atoms with Gasteiger partial charge in [0.15, 0.2) is 0 Å². The molecule has 0 rings (SSSR count). The zero-order valence-corrected chi connectivity index (χ0v) is 12.2. The van der Waals surface area contributed by atoms with Crippen molar-refractivity contribution in [1.29, 1.82) is 0 Å². The molecule has 0 aromatic rings. The lowest BCUT2D eigenvalue weighted by atomic mass is 10.1. The van der Waals surface area contributed by atoms with Crippen molar-refractivity contribution in [3.8, 4) is 0 Å². The van der Waals surface area contributed by atoms with Crippen molar-refractivity contribution in [2.24, 2.45) is 11.7 Å². The Morgan fingerprint density at radius 2 is 2.11 bits per heavy atom. The van der Waals surface area contributed by atoms with E-state index in [1.165, 1.54) is 0 Å². The van der Waals surface area contributed by atoms with Gasteiger partial charge < -0.3 is 15.8 Å². The molecule has 0 spiro atoms. The smallest absolute Gasteiger partial charge is 0.306 e. The maximum Gasteiger partial charge on any atom is 0.306 e. The van der Waals surface area contributed by atoms with Crippen LogP contribution < -0.4 is 11.1 Å². The molecule has 0 saturated carbocycles. The van der Waals surface area contributed by atoms with E-state index in [1.807, 2.05) is 13.2 Å². The zero-order valence-electron chi connectivity index (χ0n) is 11.4. The molecule has 6 heteroatoms. The molecule has 0 aliphatic carbocycles. The highest BCUT2D eigenvalue weighted by molar-refractivity contribution is 7.98. The molecule has 0 bridgehead atoms. The second-order valence-electron chi connectivity index (χ2n) is 4.25. The monoisotopic (exact) mass is 276 g/mol. The first kappa shape index (κ1) is 17.2. The van der Waals surface area contributed by atoms with Crippen molar-refractivity contribution in [3.63, 3.8) is 0 Å². The van der Waals surface area contributed by atoms with E-state index in [0.29, 0.717) is 26.0 Å². The van der Waals surface area contributed by atoms with Gasteiger partial charge in [0.2, 0.25) is 5.91 Å². The molecule has 0 aromatic carbocycles. The van der Waals surface area contributed by atoms with E-state index in [-0.39, 0.29) is 17.8 Å². The third-order valence-corrected chi connectivity index (χ3v) is 3.06. The minimum Gasteiger partial charge on any atom is -0.466 e. The number of rotatable bonds is 9. The van der Waals surface area contributed by atoms with Gasteiger partial charge in [-0.3, -0.25) is 9.59 Å². The fourth-order valence-corrected chi connectivity index (χ4v) is 1.85. The summed E-state index contributed by atoms with van der Waals surface area (Å²) in [5, 5.41) is 2.76. The Bertz CT molecular complexity index is 262. The minimum atomic E-state index is -0.466. The van der Waals surface area contributed by atoms with Crippen LogP contribution in [-0.4, -0.2) is 43.1 Å². The summed E-state index contributed by atoms with van der Waals surface area (Å²) in [6.07, 6.45) is 2.96. The van der Waals surface area contributed by atoms with Crippen LogP contribution in [0, 0.1) is 5.92 Å². The highest BCUT2D eigenvalue weighted by Crippen LogP contribution is 2.03. The molecule has 1 amide bonds. The van der Waals surface area contributed by atoms with Crippen molar-refractivity contribution in [2.45, 2.75) is 32.7 Å². The highest BCUT2D eigenvalue weighted by atomic mass is 32.2. The third-order valence-electron chi connectivity index (χ3n) is 2.41. The van der Waals surface area contributed by atoms with E-state index >= 15 is 0 Å². The van der Waals surface area contributed by atoms with Gasteiger partial charge in [-0.15, -0.1) is 0 Å². The number of carbonyl (C=O) groups is 2. The van der Waals surface area contributed by atoms with Gasteiger partial charge >= 0.3 is 5.97 Å². The predicted octanol–water partition coefficient (Wildman–Crippen LogP) is 0.772. The van der Waals surface area contributed by atoms with Crippen LogP contribution in [0.15, 0.2) is 0 Å². The van der Waals surface area contributed by atoms with E-state index in [2.05, 4.69) is 5.32 Å². The molecule has 0 aromatic heterocycles. The van der Waals surface area contributed by atoms with Gasteiger partial charge in [-0.2, -0.15) is 11.8 Å². The summed E-state index contributed by atoms with van der Waals surface area (Å²) >= 11 is 1.66. The number of nitrogens with two attached hydrogens (primary N) is 1. The van der Waals surface area contributed by atoms with Crippen LogP contribution in [0.5, 0.6) is 0 Å². The average molecular weight is 276 g/mol. The molecule has 0 saturated heterocycles. The first-order valence-electron chi connectivity index (χ1n) is 6.19. The Hall–Kier alpha value is -0.750. The summed E-state index contributed by atoms with van der Waals surface area (Å²) in [6.45, 7) is 4.50. The van der Waals surface area contributed by atoms with Gasteiger partial charge in [-0.05, 0) is 31.3 Å². The van der Waals surface area contributed by atoms with Crippen molar-refractivity contribution < 1.29 is 14.3 Å². The van der Waals surface area contributed by atoms with Gasteiger partial charge in [0.1, 0.15) is 0 Å². The van der Waals surface area contributed by atoms with Crippen LogP contribution >= 0.6 is 11.8 Å². The molecular weight excluding hydrogens is 252 g/mol. The summed E-state index contributed by atoms with van der Waals surface area (Å²) in [5.41, 5.74) is 5.72. The molecule has 5 nitrogen and oxygen atoms in total. The third kappa shape index (κ3) is 8.36. The average Bonchev–Trinajstić information content (AvgIpc) is 2.33. The molecule has 0 aliphatic rings. The Balaban J connectivity index is 3.80. The Labute approximate surface area is 113 Å². The topological polar surface area (TPSA) is 81.4 Å². The summed E-state index contributed by atoms with van der Waals surface area (Å²) in [7, 11) is 0. The molecule has 0 fully saturated rings. The molecule has 106 valence electrons. The Morgan fingerprint density at radius 3 is 2.67 bits per heavy atom. The lowest BCUT2D eigenvalue weighted by molar-refractivity contribution is -0.144. The lowest BCUT2D eigenvalue weighted by Gasteiger charge is -2.15. The number of ether oxygens (including phenoxy) is 1. The Morgan fingerprint density at radius 1 is 1.44 bits per heavy atom. The molecule has 0 heterocycles. The largest absolute Gasteiger partial charge is 0.466 e. The first-order chi connectivity index (χ1) is 8.51. The summed E-state index contributed by atoms with van der Waals surface area (Å²) in [6, 6.07) is -0.466. The van der Waals surface area contributed by atoms with E-state index in [0.717, 1.165) is 5.75 Å². The summed E-state index contributed by atoms with van der Waals surface area (Å²) < 4.78 is 4.84. The van der Waals surface area contributed by atoms with Gasteiger partial charge in [-0.25, -0.2) is 0 Å². The number of carbonyl (C=O) groups excluding carboxylic acids is 2. The van der Waals surface area contributed by atoms with Crippen molar-refractivity contribution in [2.75, 3.05) is 25.2 Å². The van der Waals surface area contributed by atoms with Crippen LogP contribution in [0.1, 0.15) is 26.7 Å². The number of amides is 1. The molecule has 0 radical (unpaired) electrons. The number of esters is 1. The summed E-state index contributed by atoms with van der Waals surface area (Å²) in [5.74, 6) is 0.541. The van der Waals surface area contributed by atoms with Gasteiger partial charge in [0, 0.05) is 13.0 Å². The molecule has 18 heavy (non-hydrogen) atoms. The maximum absolute atomic E-state index is 11.6. The van der Waals surface area contributed by atoms with Crippen molar-refractivity contribution in [3.05, 3.63) is 0 Å². The number of thioether (sulfide) groups is 1. The minimum absolute atomic E-state index is 0.0563. The molecule has 3 N–H and O–H groups in total. The predicted molar refractivity (Wildman–Crippen MR) is 74.4 cm³/mol. The second-order valence-corrected chi connectivity index (χ2v) is 5.23. The van der Waals surface area contributed by atoms with Crippen LogP contribution in [0.2, 0.25) is 0 Å². The van der Waals surface area contributed by atoms with E-state index in [9.17, 15) is 9.59 Å². The molecular formula is C12H24N2O3S. The van der Waals surface area contributed by atoms with Crippen LogP contribution in [0.25, 0.3) is 0 Å². The van der Waals surface area contributed by atoms with Gasteiger partial charge in [0.25, 0.3) is 0 Å². The fourth-order valence-electron chi connectivity index (χ4n) is 1.36. The van der Waals surface area contributed by atoms with Gasteiger partial charge in [0.05, 0.1) is 12.6 Å². The first-order valence-corrected chi connectivity index (χ1v) is 7.58. The maximum atomic E-state index is 11.6. The highest BCUT2D eigenvalue weighted by Gasteiger charge is 2.15. The Kier molecular flexibility index (Phi) is 9.77. The number of hydrogen-bond donors (Lipinski definition) is 2. The van der Waals surface area contributed by atoms with E-state index < -0.39 is 6.04 Å². The van der Waals surface area contributed by atoms with Crippen LogP contribution in [-0.2, 0) is 14.3 Å².